The van der Waals surface area contributed by atoms with Crippen molar-refractivity contribution in [3.8, 4) is 0 Å². The van der Waals surface area contributed by atoms with Gasteiger partial charge in [-0.2, -0.15) is 5.10 Å². The van der Waals surface area contributed by atoms with Gasteiger partial charge in [0, 0.05) is 33.7 Å². The van der Waals surface area contributed by atoms with Gasteiger partial charge in [-0.1, -0.05) is 0 Å². The number of aryl methyl sites for hydroxylation is 1. The normalized spacial score (nSPS) is 21.0. The monoisotopic (exact) mass is 339 g/mol. The third-order valence-corrected chi connectivity index (χ3v) is 3.94. The number of hydrogen-bond donors (Lipinski definition) is 0. The van der Waals surface area contributed by atoms with Crippen LogP contribution in [0.1, 0.15) is 26.6 Å². The third-order valence-electron chi connectivity index (χ3n) is 3.94. The second kappa shape index (κ2) is 8.04. The van der Waals surface area contributed by atoms with Gasteiger partial charge in [0.1, 0.15) is 18.8 Å². The first-order valence-corrected chi connectivity index (χ1v) is 8.35. The Labute approximate surface area is 143 Å². The number of morpholine rings is 1. The van der Waals surface area contributed by atoms with Crippen LogP contribution in [-0.2, 0) is 27.4 Å². The Bertz CT molecular complexity index is 544. The van der Waals surface area contributed by atoms with Crippen LogP contribution in [0.2, 0.25) is 0 Å². The number of carbonyl (C=O) groups is 1. The topological polar surface area (TPSA) is 72.7 Å². The quantitative estimate of drug-likeness (QED) is 0.715. The molecule has 24 heavy (non-hydrogen) atoms. The smallest absolute Gasteiger partial charge is 0.248 e. The van der Waals surface area contributed by atoms with Crippen molar-refractivity contribution in [2.75, 3.05) is 40.4 Å². The van der Waals surface area contributed by atoms with E-state index in [1.165, 1.54) is 4.90 Å². The van der Waals surface area contributed by atoms with E-state index in [0.717, 1.165) is 32.0 Å². The average molecular weight is 339 g/mol. The van der Waals surface area contributed by atoms with Gasteiger partial charge in [-0.15, -0.1) is 0 Å². The molecule has 1 aromatic heterocycles. The molecule has 0 N–H and O–H groups in total. The molecule has 0 aliphatic carbocycles. The van der Waals surface area contributed by atoms with E-state index in [-0.39, 0.29) is 24.2 Å². The Balaban J connectivity index is 1.90. The first kappa shape index (κ1) is 18.8. The second-order valence-electron chi connectivity index (χ2n) is 6.96. The number of hydrogen-bond acceptors (Lipinski definition) is 6. The number of likely N-dealkylation sites (N-methyl/N-ethyl adjacent to an activating group) is 1. The molecule has 0 spiro atoms. The van der Waals surface area contributed by atoms with E-state index in [0.29, 0.717) is 6.61 Å². The number of nitrogens with zero attached hydrogens (tertiary/aromatic N) is 5. The summed E-state index contributed by atoms with van der Waals surface area (Å²) in [6.07, 6.45) is 1.53. The highest BCUT2D eigenvalue weighted by molar-refractivity contribution is 5.76. The molecule has 2 rings (SSSR count). The number of amides is 1. The molecule has 1 saturated heterocycles. The molecule has 2 heterocycles. The van der Waals surface area contributed by atoms with Gasteiger partial charge in [-0.3, -0.25) is 9.69 Å². The fourth-order valence-electron chi connectivity index (χ4n) is 2.91. The maximum Gasteiger partial charge on any atom is 0.248 e. The van der Waals surface area contributed by atoms with Gasteiger partial charge < -0.3 is 14.4 Å². The molecule has 1 aliphatic rings. The summed E-state index contributed by atoms with van der Waals surface area (Å²) >= 11 is 0. The average Bonchev–Trinajstić information content (AvgIpc) is 2.92. The summed E-state index contributed by atoms with van der Waals surface area (Å²) in [5.74, 6) is 0.913. The summed E-state index contributed by atoms with van der Waals surface area (Å²) in [7, 11) is 3.44. The Morgan fingerprint density at radius 3 is 2.92 bits per heavy atom. The highest BCUT2D eigenvalue weighted by Crippen LogP contribution is 2.22. The van der Waals surface area contributed by atoms with E-state index in [2.05, 4.69) is 35.8 Å². The Morgan fingerprint density at radius 2 is 2.25 bits per heavy atom. The molecular weight excluding hydrogens is 310 g/mol. The summed E-state index contributed by atoms with van der Waals surface area (Å²) in [5, 5.41) is 4.22. The summed E-state index contributed by atoms with van der Waals surface area (Å²) < 4.78 is 13.5. The largest absolute Gasteiger partial charge is 0.369 e. The summed E-state index contributed by atoms with van der Waals surface area (Å²) in [5.41, 5.74) is -0.269. The van der Waals surface area contributed by atoms with Crippen LogP contribution >= 0.6 is 0 Å². The highest BCUT2D eigenvalue weighted by atomic mass is 16.5. The maximum absolute atomic E-state index is 11.6. The molecule has 1 aliphatic heterocycles. The van der Waals surface area contributed by atoms with E-state index < -0.39 is 0 Å². The minimum absolute atomic E-state index is 0.0435. The SMILES string of the molecule is CCn1ncnc1CN1C[C@@H](COCC(=O)N(C)C)OC(C)(C)C1. The number of rotatable bonds is 7. The van der Waals surface area contributed by atoms with Gasteiger partial charge in [0.25, 0.3) is 0 Å². The fraction of sp³-hybridized carbons (Fsp3) is 0.812. The Kier molecular flexibility index (Phi) is 6.31. The van der Waals surface area contributed by atoms with E-state index >= 15 is 0 Å². The number of carbonyl (C=O) groups excluding carboxylic acids is 1. The second-order valence-corrected chi connectivity index (χ2v) is 6.96. The molecule has 136 valence electrons. The highest BCUT2D eigenvalue weighted by Gasteiger charge is 2.34. The van der Waals surface area contributed by atoms with Crippen molar-refractivity contribution in [3.05, 3.63) is 12.2 Å². The van der Waals surface area contributed by atoms with Gasteiger partial charge in [0.05, 0.1) is 24.9 Å². The van der Waals surface area contributed by atoms with Gasteiger partial charge in [0.2, 0.25) is 5.91 Å². The zero-order valence-electron chi connectivity index (χ0n) is 15.4. The van der Waals surface area contributed by atoms with Crippen molar-refractivity contribution < 1.29 is 14.3 Å². The molecular formula is C16H29N5O3. The van der Waals surface area contributed by atoms with Crippen molar-refractivity contribution in [1.29, 1.82) is 0 Å². The molecule has 0 aromatic carbocycles. The van der Waals surface area contributed by atoms with Gasteiger partial charge >= 0.3 is 0 Å². The lowest BCUT2D eigenvalue weighted by atomic mass is 10.1. The molecule has 0 bridgehead atoms. The molecule has 1 amide bonds. The van der Waals surface area contributed by atoms with Crippen molar-refractivity contribution in [1.82, 2.24) is 24.6 Å². The van der Waals surface area contributed by atoms with Gasteiger partial charge in [0.15, 0.2) is 0 Å². The lowest BCUT2D eigenvalue weighted by molar-refractivity contribution is -0.161. The van der Waals surface area contributed by atoms with E-state index in [9.17, 15) is 4.79 Å². The zero-order chi connectivity index (χ0) is 17.7. The summed E-state index contributed by atoms with van der Waals surface area (Å²) in [4.78, 5) is 19.8. The zero-order valence-corrected chi connectivity index (χ0v) is 15.4. The number of ether oxygens (including phenoxy) is 2. The Morgan fingerprint density at radius 1 is 1.50 bits per heavy atom. The van der Waals surface area contributed by atoms with Crippen LogP contribution in [0.5, 0.6) is 0 Å². The Hall–Kier alpha value is -1.51. The van der Waals surface area contributed by atoms with Crippen LogP contribution < -0.4 is 0 Å². The summed E-state index contributed by atoms with van der Waals surface area (Å²) in [6.45, 7) is 9.78. The molecule has 1 fully saturated rings. The van der Waals surface area contributed by atoms with Crippen LogP contribution in [0.25, 0.3) is 0 Å². The maximum atomic E-state index is 11.6. The van der Waals surface area contributed by atoms with Crippen molar-refractivity contribution in [2.45, 2.75) is 45.6 Å². The minimum atomic E-state index is -0.269. The van der Waals surface area contributed by atoms with Crippen LogP contribution in [-0.4, -0.2) is 82.6 Å². The first-order valence-electron chi connectivity index (χ1n) is 8.35. The molecule has 8 heteroatoms. The molecule has 0 radical (unpaired) electrons. The van der Waals surface area contributed by atoms with Crippen LogP contribution in [0.15, 0.2) is 6.33 Å². The standard InChI is InChI=1S/C16H29N5O3/c1-6-21-14(17-12-18-21)8-20-7-13(24-16(2,3)11-20)9-23-10-15(22)19(4)5/h12-13H,6-11H2,1-5H3/t13-/m0/s1. The minimum Gasteiger partial charge on any atom is -0.369 e. The molecule has 0 saturated carbocycles. The lowest BCUT2D eigenvalue weighted by Gasteiger charge is -2.42. The lowest BCUT2D eigenvalue weighted by Crippen LogP contribution is -2.53. The van der Waals surface area contributed by atoms with Crippen LogP contribution in [0.4, 0.5) is 0 Å². The van der Waals surface area contributed by atoms with Crippen LogP contribution in [0.3, 0.4) is 0 Å². The predicted octanol–water partition coefficient (Wildman–Crippen LogP) is 0.382. The van der Waals surface area contributed by atoms with E-state index in [4.69, 9.17) is 9.47 Å². The van der Waals surface area contributed by atoms with Gasteiger partial charge in [-0.05, 0) is 20.8 Å². The third kappa shape index (κ3) is 5.25. The van der Waals surface area contributed by atoms with Crippen molar-refractivity contribution in [3.63, 3.8) is 0 Å². The van der Waals surface area contributed by atoms with Crippen molar-refractivity contribution >= 4 is 5.91 Å². The molecule has 1 aromatic rings. The number of aromatic nitrogens is 3. The van der Waals surface area contributed by atoms with Gasteiger partial charge in [-0.25, -0.2) is 9.67 Å². The predicted molar refractivity (Wildman–Crippen MR) is 89.4 cm³/mol. The van der Waals surface area contributed by atoms with Crippen molar-refractivity contribution in [2.24, 2.45) is 0 Å². The summed E-state index contributed by atoms with van der Waals surface area (Å²) in [6, 6.07) is 0. The molecule has 1 atom stereocenters. The fourth-order valence-corrected chi connectivity index (χ4v) is 2.91. The first-order chi connectivity index (χ1) is 11.3. The molecule has 8 nitrogen and oxygen atoms in total. The van der Waals surface area contributed by atoms with Crippen LogP contribution in [0, 0.1) is 0 Å². The molecule has 0 unspecified atom stereocenters. The van der Waals surface area contributed by atoms with E-state index in [1.807, 2.05) is 4.68 Å². The van der Waals surface area contributed by atoms with E-state index in [1.54, 1.807) is 20.4 Å².